The quantitative estimate of drug-likeness (QED) is 0.169. The predicted molar refractivity (Wildman–Crippen MR) is 175 cm³/mol. The van der Waals surface area contributed by atoms with Crippen molar-refractivity contribution >= 4 is 34.6 Å². The number of alkyl halides is 3. The minimum absolute atomic E-state index is 0.0575. The van der Waals surface area contributed by atoms with Gasteiger partial charge in [0.05, 0.1) is 29.0 Å². The highest BCUT2D eigenvalue weighted by Gasteiger charge is 2.43. The molecular formula is C35H30F3N5O2S. The molecule has 7 nitrogen and oxygen atoms in total. The Labute approximate surface area is 269 Å². The first-order chi connectivity index (χ1) is 22.1. The van der Waals surface area contributed by atoms with Crippen LogP contribution in [0.3, 0.4) is 0 Å². The van der Waals surface area contributed by atoms with Crippen LogP contribution in [0.4, 0.5) is 24.5 Å². The zero-order valence-corrected chi connectivity index (χ0v) is 25.8. The average Bonchev–Trinajstić information content (AvgIpc) is 3.55. The van der Waals surface area contributed by atoms with Gasteiger partial charge in [-0.15, -0.1) is 0 Å². The highest BCUT2D eigenvalue weighted by Crippen LogP contribution is 2.44. The molecule has 0 bridgehead atoms. The van der Waals surface area contributed by atoms with Crippen molar-refractivity contribution in [2.75, 3.05) is 16.8 Å². The maximum Gasteiger partial charge on any atom is 0.418 e. The summed E-state index contributed by atoms with van der Waals surface area (Å²) in [6.07, 6.45) is -2.83. The van der Waals surface area contributed by atoms with Gasteiger partial charge < -0.3 is 24.8 Å². The highest BCUT2D eigenvalue weighted by molar-refractivity contribution is 7.80. The van der Waals surface area contributed by atoms with Gasteiger partial charge in [-0.25, -0.2) is 0 Å². The van der Waals surface area contributed by atoms with Crippen LogP contribution in [0, 0.1) is 13.8 Å². The van der Waals surface area contributed by atoms with Gasteiger partial charge in [0.2, 0.25) is 0 Å². The molecule has 1 amide bonds. The molecule has 3 aromatic carbocycles. The monoisotopic (exact) mass is 641 g/mol. The van der Waals surface area contributed by atoms with E-state index in [1.807, 2.05) is 66.4 Å². The van der Waals surface area contributed by atoms with Crippen LogP contribution in [-0.4, -0.2) is 27.2 Å². The number of para-hydroxylation sites is 2. The number of aromatic nitrogens is 2. The first-order valence-electron chi connectivity index (χ1n) is 14.6. The molecule has 0 aliphatic carbocycles. The average molecular weight is 642 g/mol. The van der Waals surface area contributed by atoms with Crippen molar-refractivity contribution < 1.29 is 22.7 Å². The van der Waals surface area contributed by atoms with Crippen molar-refractivity contribution in [3.05, 3.63) is 138 Å². The molecule has 2 aromatic heterocycles. The molecule has 0 saturated carbocycles. The van der Waals surface area contributed by atoms with E-state index in [1.54, 1.807) is 48.0 Å². The van der Waals surface area contributed by atoms with Gasteiger partial charge in [-0.2, -0.15) is 13.2 Å². The van der Waals surface area contributed by atoms with Gasteiger partial charge in [0.15, 0.2) is 11.7 Å². The van der Waals surface area contributed by atoms with Crippen LogP contribution in [0.5, 0.6) is 5.75 Å². The van der Waals surface area contributed by atoms with Crippen LogP contribution >= 0.6 is 12.2 Å². The van der Waals surface area contributed by atoms with E-state index in [9.17, 15) is 18.0 Å². The number of pyridine rings is 1. The predicted octanol–water partition coefficient (Wildman–Crippen LogP) is 7.70. The number of anilines is 2. The standard InChI is InChI=1S/C35H30F3N5O2S/c1-22-20-27(23(2)42(22)30-14-7-6-12-28(30)35(36,37)38)33-32(29-13-8-9-19-39-29)41-34(46)43(33)25-17-15-24(16-18-25)40-31(44)21-45-26-10-4-3-5-11-26/h3-20,32-33H,21H2,1-2H3,(H,40,44)(H,41,46)/t32-,33+/m1/s1. The van der Waals surface area contributed by atoms with Crippen LogP contribution in [0.1, 0.15) is 40.3 Å². The van der Waals surface area contributed by atoms with Crippen LogP contribution in [0.2, 0.25) is 0 Å². The maximum atomic E-state index is 14.1. The van der Waals surface area contributed by atoms with E-state index in [2.05, 4.69) is 15.6 Å². The second-order valence-electron chi connectivity index (χ2n) is 10.9. The molecule has 1 fully saturated rings. The number of aryl methyl sites for hydroxylation is 1. The third-order valence-corrected chi connectivity index (χ3v) is 8.19. The van der Waals surface area contributed by atoms with Gasteiger partial charge in [-0.1, -0.05) is 36.4 Å². The molecule has 0 radical (unpaired) electrons. The summed E-state index contributed by atoms with van der Waals surface area (Å²) >= 11 is 5.85. The van der Waals surface area contributed by atoms with Crippen molar-refractivity contribution in [1.29, 1.82) is 0 Å². The number of ether oxygens (including phenoxy) is 1. The topological polar surface area (TPSA) is 71.4 Å². The second kappa shape index (κ2) is 12.7. The Morgan fingerprint density at radius 2 is 1.65 bits per heavy atom. The SMILES string of the molecule is Cc1cc([C@H]2[C@@H](c3ccccn3)NC(=S)N2c2ccc(NC(=O)COc3ccccc3)cc2)c(C)n1-c1ccccc1C(F)(F)F. The Balaban J connectivity index is 1.34. The Morgan fingerprint density at radius 1 is 0.957 bits per heavy atom. The normalized spacial score (nSPS) is 16.3. The van der Waals surface area contributed by atoms with Crippen molar-refractivity contribution in [3.63, 3.8) is 0 Å². The molecule has 5 aromatic rings. The molecule has 1 saturated heterocycles. The number of amides is 1. The summed E-state index contributed by atoms with van der Waals surface area (Å²) in [7, 11) is 0. The fraction of sp³-hybridized carbons (Fsp3) is 0.171. The number of thiocarbonyl (C=S) groups is 1. The zero-order valence-electron chi connectivity index (χ0n) is 25.0. The summed E-state index contributed by atoms with van der Waals surface area (Å²) in [5.41, 5.74) is 3.49. The summed E-state index contributed by atoms with van der Waals surface area (Å²) in [5.74, 6) is 0.285. The van der Waals surface area contributed by atoms with Gasteiger partial charge in [0.1, 0.15) is 5.75 Å². The van der Waals surface area contributed by atoms with Gasteiger partial charge in [0, 0.05) is 29.0 Å². The fourth-order valence-corrected chi connectivity index (χ4v) is 6.23. The number of hydrogen-bond acceptors (Lipinski definition) is 4. The number of rotatable bonds is 8. The Morgan fingerprint density at radius 3 is 2.35 bits per heavy atom. The summed E-state index contributed by atoms with van der Waals surface area (Å²) < 4.78 is 49.4. The van der Waals surface area contributed by atoms with Gasteiger partial charge in [-0.05, 0) is 98.4 Å². The number of carbonyl (C=O) groups is 1. The summed E-state index contributed by atoms with van der Waals surface area (Å²) in [4.78, 5) is 19.1. The molecule has 2 N–H and O–H groups in total. The van der Waals surface area contributed by atoms with Gasteiger partial charge in [0.25, 0.3) is 5.91 Å². The molecule has 6 rings (SSSR count). The Hall–Kier alpha value is -5.16. The molecular weight excluding hydrogens is 611 g/mol. The molecule has 234 valence electrons. The number of hydrogen-bond donors (Lipinski definition) is 2. The van der Waals surface area contributed by atoms with Crippen molar-refractivity contribution in [3.8, 4) is 11.4 Å². The summed E-state index contributed by atoms with van der Waals surface area (Å²) in [6, 6.07) is 28.5. The van der Waals surface area contributed by atoms with Crippen molar-refractivity contribution in [2.45, 2.75) is 32.1 Å². The number of nitrogens with zero attached hydrogens (tertiary/aromatic N) is 3. The van der Waals surface area contributed by atoms with E-state index >= 15 is 0 Å². The van der Waals surface area contributed by atoms with Crippen molar-refractivity contribution in [1.82, 2.24) is 14.9 Å². The molecule has 0 spiro atoms. The molecule has 1 aliphatic heterocycles. The molecule has 11 heteroatoms. The number of carbonyl (C=O) groups excluding carboxylic acids is 1. The summed E-state index contributed by atoms with van der Waals surface area (Å²) in [6.45, 7) is 3.47. The lowest BCUT2D eigenvalue weighted by atomic mass is 9.96. The van der Waals surface area contributed by atoms with Crippen LogP contribution in [0.25, 0.3) is 5.69 Å². The van der Waals surface area contributed by atoms with Crippen LogP contribution < -0.4 is 20.3 Å². The van der Waals surface area contributed by atoms with Crippen LogP contribution in [-0.2, 0) is 11.0 Å². The molecule has 1 aliphatic rings. The molecule has 0 unspecified atom stereocenters. The third-order valence-electron chi connectivity index (χ3n) is 7.88. The van der Waals surface area contributed by atoms with E-state index in [0.717, 1.165) is 23.0 Å². The first kappa shape index (κ1) is 30.8. The maximum absolute atomic E-state index is 14.1. The Bertz CT molecular complexity index is 1860. The highest BCUT2D eigenvalue weighted by atomic mass is 32.1. The number of benzene rings is 3. The lowest BCUT2D eigenvalue weighted by molar-refractivity contribution is -0.137. The largest absolute Gasteiger partial charge is 0.484 e. The lowest BCUT2D eigenvalue weighted by Gasteiger charge is -2.28. The minimum atomic E-state index is -4.52. The van der Waals surface area contributed by atoms with Crippen molar-refractivity contribution in [2.24, 2.45) is 0 Å². The smallest absolute Gasteiger partial charge is 0.418 e. The molecule has 3 heterocycles. The third kappa shape index (κ3) is 6.18. The van der Waals surface area contributed by atoms with E-state index in [4.69, 9.17) is 17.0 Å². The fourth-order valence-electron chi connectivity index (χ4n) is 5.88. The molecule has 46 heavy (non-hydrogen) atoms. The first-order valence-corrected chi connectivity index (χ1v) is 15.0. The number of halogens is 3. The van der Waals surface area contributed by atoms with E-state index in [0.29, 0.717) is 27.9 Å². The van der Waals surface area contributed by atoms with E-state index in [-0.39, 0.29) is 18.2 Å². The number of nitrogens with one attached hydrogen (secondary N) is 2. The van der Waals surface area contributed by atoms with E-state index in [1.165, 1.54) is 12.1 Å². The Kier molecular flexibility index (Phi) is 8.50. The second-order valence-corrected chi connectivity index (χ2v) is 11.3. The summed E-state index contributed by atoms with van der Waals surface area (Å²) in [5, 5.41) is 6.67. The lowest BCUT2D eigenvalue weighted by Crippen LogP contribution is -2.29. The van der Waals surface area contributed by atoms with Gasteiger partial charge >= 0.3 is 6.18 Å². The van der Waals surface area contributed by atoms with Gasteiger partial charge in [-0.3, -0.25) is 9.78 Å². The zero-order chi connectivity index (χ0) is 32.4. The van der Waals surface area contributed by atoms with Crippen LogP contribution in [0.15, 0.2) is 109 Å². The van der Waals surface area contributed by atoms with E-state index < -0.39 is 23.8 Å². The minimum Gasteiger partial charge on any atom is -0.484 e. The molecule has 2 atom stereocenters.